The molecule has 0 saturated carbocycles. The Hall–Kier alpha value is -1.20. The average molecular weight is 699 g/mol. The molecule has 0 aliphatic carbocycles. The normalized spacial score (nSPS) is 12.3. The molecule has 4 N–H and O–H groups in total. The molecule has 0 unspecified atom stereocenters. The van der Waals surface area contributed by atoms with Crippen molar-refractivity contribution in [3.05, 3.63) is 48.6 Å². The molecule has 0 aromatic carbocycles. The van der Waals surface area contributed by atoms with Crippen LogP contribution in [0.2, 0.25) is 0 Å². The summed E-state index contributed by atoms with van der Waals surface area (Å²) in [5.41, 5.74) is 0. The molecule has 0 aromatic heterocycles. The predicted molar refractivity (Wildman–Crippen MR) is 229 cm³/mol. The van der Waals surface area contributed by atoms with Gasteiger partial charge >= 0.3 is 0 Å². The van der Waals surface area contributed by atoms with Gasteiger partial charge in [0.05, 0.1) is 0 Å². The molecule has 0 bridgehead atoms. The summed E-state index contributed by atoms with van der Waals surface area (Å²) < 4.78 is 0. The standard InChI is InChI=1S/C46H90N4/c1-3-5-7-9-11-13-15-17-19-21-23-25-27-29-31-33-39-47-43-37-45-49-41-35-36-42-50-46-38-44-48-40-34-32-30-28-26-24-22-20-18-16-14-12-10-8-6-4-2/h11-14,17-20,47-50H,3-10,15-16,21-46H2,1-2H3/b13-11+,14-12+,19-17-,20-18-. The molecule has 0 aromatic rings. The van der Waals surface area contributed by atoms with Gasteiger partial charge in [0.25, 0.3) is 0 Å². The van der Waals surface area contributed by atoms with E-state index in [1.807, 2.05) is 0 Å². The van der Waals surface area contributed by atoms with Crippen molar-refractivity contribution in [1.29, 1.82) is 0 Å². The van der Waals surface area contributed by atoms with E-state index in [0.29, 0.717) is 0 Å². The molecule has 0 spiro atoms. The number of hydrogen-bond donors (Lipinski definition) is 4. The van der Waals surface area contributed by atoms with Gasteiger partial charge in [-0.25, -0.2) is 0 Å². The van der Waals surface area contributed by atoms with E-state index in [9.17, 15) is 0 Å². The van der Waals surface area contributed by atoms with Gasteiger partial charge in [-0.1, -0.05) is 140 Å². The Kier molecular flexibility index (Phi) is 46.7. The summed E-state index contributed by atoms with van der Waals surface area (Å²) in [4.78, 5) is 0. The topological polar surface area (TPSA) is 48.1 Å². The van der Waals surface area contributed by atoms with Gasteiger partial charge in [-0.3, -0.25) is 0 Å². The Bertz CT molecular complexity index is 653. The molecule has 50 heavy (non-hydrogen) atoms. The Morgan fingerprint density at radius 3 is 0.800 bits per heavy atom. The summed E-state index contributed by atoms with van der Waals surface area (Å²) in [7, 11) is 0. The number of nitrogens with one attached hydrogen (secondary N) is 4. The first-order valence-corrected chi connectivity index (χ1v) is 22.3. The van der Waals surface area contributed by atoms with Crippen LogP contribution in [0.15, 0.2) is 48.6 Å². The van der Waals surface area contributed by atoms with E-state index >= 15 is 0 Å². The number of unbranched alkanes of at least 4 members (excludes halogenated alkanes) is 19. The van der Waals surface area contributed by atoms with Gasteiger partial charge in [0, 0.05) is 0 Å². The van der Waals surface area contributed by atoms with Gasteiger partial charge in [0.2, 0.25) is 0 Å². The molecule has 294 valence electrons. The van der Waals surface area contributed by atoms with Gasteiger partial charge in [0.1, 0.15) is 0 Å². The number of allylic oxidation sites excluding steroid dienone is 8. The Balaban J connectivity index is 3.12. The fraction of sp³-hybridized carbons (Fsp3) is 0.826. The molecule has 0 saturated heterocycles. The lowest BCUT2D eigenvalue weighted by molar-refractivity contribution is 0.531. The zero-order chi connectivity index (χ0) is 35.9. The second-order valence-electron chi connectivity index (χ2n) is 14.6. The van der Waals surface area contributed by atoms with E-state index in [2.05, 4.69) is 83.7 Å². The number of hydrogen-bond acceptors (Lipinski definition) is 4. The molecule has 4 heteroatoms. The van der Waals surface area contributed by atoms with Crippen molar-refractivity contribution < 1.29 is 0 Å². The van der Waals surface area contributed by atoms with Crippen LogP contribution in [0, 0.1) is 0 Å². The van der Waals surface area contributed by atoms with Crippen LogP contribution < -0.4 is 21.3 Å². The van der Waals surface area contributed by atoms with Crippen LogP contribution in [0.3, 0.4) is 0 Å². The van der Waals surface area contributed by atoms with E-state index < -0.39 is 0 Å². The maximum Gasteiger partial charge on any atom is -0.00368 e. The van der Waals surface area contributed by atoms with Crippen LogP contribution >= 0.6 is 0 Å². The molecule has 0 fully saturated rings. The lowest BCUT2D eigenvalue weighted by Gasteiger charge is -2.08. The van der Waals surface area contributed by atoms with Crippen molar-refractivity contribution in [3.63, 3.8) is 0 Å². The van der Waals surface area contributed by atoms with Gasteiger partial charge in [-0.05, 0) is 155 Å². The largest absolute Gasteiger partial charge is 0.317 e. The number of rotatable bonds is 43. The van der Waals surface area contributed by atoms with Gasteiger partial charge in [-0.2, -0.15) is 0 Å². The third-order valence-corrected chi connectivity index (χ3v) is 9.48. The molecule has 0 rings (SSSR count). The lowest BCUT2D eigenvalue weighted by atomic mass is 10.1. The third kappa shape index (κ3) is 46.8. The van der Waals surface area contributed by atoms with E-state index in [-0.39, 0.29) is 0 Å². The second kappa shape index (κ2) is 47.8. The summed E-state index contributed by atoms with van der Waals surface area (Å²) >= 11 is 0. The second-order valence-corrected chi connectivity index (χ2v) is 14.6. The monoisotopic (exact) mass is 699 g/mol. The maximum atomic E-state index is 3.63. The zero-order valence-electron chi connectivity index (χ0n) is 34.1. The zero-order valence-corrected chi connectivity index (χ0v) is 34.1. The fourth-order valence-electron chi connectivity index (χ4n) is 6.15. The van der Waals surface area contributed by atoms with Crippen molar-refractivity contribution in [2.24, 2.45) is 0 Å². The van der Waals surface area contributed by atoms with E-state index in [1.165, 1.54) is 180 Å². The third-order valence-electron chi connectivity index (χ3n) is 9.48. The van der Waals surface area contributed by atoms with Crippen LogP contribution in [0.25, 0.3) is 0 Å². The van der Waals surface area contributed by atoms with Gasteiger partial charge in [-0.15, -0.1) is 0 Å². The molecule has 0 radical (unpaired) electrons. The molecule has 0 amide bonds. The Morgan fingerprint density at radius 1 is 0.240 bits per heavy atom. The Morgan fingerprint density at radius 2 is 0.480 bits per heavy atom. The molecule has 0 atom stereocenters. The minimum atomic E-state index is 1.11. The minimum Gasteiger partial charge on any atom is -0.317 e. The van der Waals surface area contributed by atoms with E-state index in [0.717, 1.165) is 52.1 Å². The van der Waals surface area contributed by atoms with Crippen LogP contribution in [0.4, 0.5) is 0 Å². The lowest BCUT2D eigenvalue weighted by Crippen LogP contribution is -2.25. The van der Waals surface area contributed by atoms with Crippen molar-refractivity contribution >= 4 is 0 Å². The van der Waals surface area contributed by atoms with Crippen molar-refractivity contribution in [2.75, 3.05) is 52.4 Å². The molecular formula is C46H90N4. The highest BCUT2D eigenvalue weighted by molar-refractivity contribution is 4.93. The smallest absolute Gasteiger partial charge is 0.00368 e. The van der Waals surface area contributed by atoms with Crippen molar-refractivity contribution in [1.82, 2.24) is 21.3 Å². The molecular weight excluding hydrogens is 609 g/mol. The summed E-state index contributed by atoms with van der Waals surface area (Å²) in [5.74, 6) is 0. The minimum absolute atomic E-state index is 1.11. The summed E-state index contributed by atoms with van der Waals surface area (Å²) in [6, 6.07) is 0. The molecule has 4 nitrogen and oxygen atoms in total. The van der Waals surface area contributed by atoms with Crippen LogP contribution in [0.1, 0.15) is 194 Å². The van der Waals surface area contributed by atoms with Crippen LogP contribution in [0.5, 0.6) is 0 Å². The maximum absolute atomic E-state index is 3.63. The first-order chi connectivity index (χ1) is 24.9. The van der Waals surface area contributed by atoms with Crippen molar-refractivity contribution in [3.8, 4) is 0 Å². The molecule has 0 heterocycles. The van der Waals surface area contributed by atoms with Gasteiger partial charge < -0.3 is 21.3 Å². The summed E-state index contributed by atoms with van der Waals surface area (Å²) in [6.07, 6.45) is 55.7. The predicted octanol–water partition coefficient (Wildman–Crippen LogP) is 12.5. The van der Waals surface area contributed by atoms with Crippen molar-refractivity contribution in [2.45, 2.75) is 194 Å². The summed E-state index contributed by atoms with van der Waals surface area (Å²) in [6.45, 7) is 13.8. The Labute approximate surface area is 315 Å². The fourth-order valence-corrected chi connectivity index (χ4v) is 6.15. The molecule has 0 aliphatic rings. The summed E-state index contributed by atoms with van der Waals surface area (Å²) in [5, 5.41) is 14.5. The first kappa shape index (κ1) is 48.8. The van der Waals surface area contributed by atoms with E-state index in [1.54, 1.807) is 0 Å². The van der Waals surface area contributed by atoms with Crippen LogP contribution in [-0.2, 0) is 0 Å². The first-order valence-electron chi connectivity index (χ1n) is 22.3. The van der Waals surface area contributed by atoms with E-state index in [4.69, 9.17) is 0 Å². The highest BCUT2D eigenvalue weighted by Gasteiger charge is 1.95. The highest BCUT2D eigenvalue weighted by Crippen LogP contribution is 2.09. The SMILES string of the molecule is CCCCC/C=C/C/C=C\CCCCCCCCNCCCNCCCCNCCCNCCCCCCCC/C=C\C/C=C/CCCCC. The molecule has 0 aliphatic heterocycles. The highest BCUT2D eigenvalue weighted by atomic mass is 14.9. The van der Waals surface area contributed by atoms with Gasteiger partial charge in [0.15, 0.2) is 0 Å². The quantitative estimate of drug-likeness (QED) is 0.0378. The van der Waals surface area contributed by atoms with Crippen LogP contribution in [-0.4, -0.2) is 52.4 Å². The average Bonchev–Trinajstić information content (AvgIpc) is 3.13.